The standard InChI is InChI=1S/C19H23N5/c1-2-7-17-16(6-1)19(23-22-17)21-15-9-8-14-11-20-24(18(14)10-15)12-13-4-3-5-13/h8-11,13H,1-7,12H2,(H2,21,22,23). The van der Waals surface area contributed by atoms with Crippen molar-refractivity contribution in [3.63, 3.8) is 0 Å². The van der Waals surface area contributed by atoms with Crippen molar-refractivity contribution >= 4 is 22.4 Å². The topological polar surface area (TPSA) is 58.5 Å². The second-order valence-electron chi connectivity index (χ2n) is 7.26. The van der Waals surface area contributed by atoms with E-state index in [2.05, 4.69) is 43.5 Å². The van der Waals surface area contributed by atoms with Gasteiger partial charge < -0.3 is 5.32 Å². The van der Waals surface area contributed by atoms with Gasteiger partial charge in [-0.1, -0.05) is 6.42 Å². The molecule has 0 unspecified atom stereocenters. The predicted octanol–water partition coefficient (Wildman–Crippen LogP) is 4.18. The number of aryl methyl sites for hydroxylation is 1. The second-order valence-corrected chi connectivity index (χ2v) is 7.26. The molecule has 1 saturated carbocycles. The van der Waals surface area contributed by atoms with Crippen molar-refractivity contribution < 1.29 is 0 Å². The van der Waals surface area contributed by atoms with Gasteiger partial charge in [0.1, 0.15) is 0 Å². The number of nitrogens with zero attached hydrogens (tertiary/aromatic N) is 3. The minimum absolute atomic E-state index is 0.808. The van der Waals surface area contributed by atoms with E-state index in [1.54, 1.807) is 0 Å². The van der Waals surface area contributed by atoms with E-state index < -0.39 is 0 Å². The molecule has 5 rings (SSSR count). The average molecular weight is 321 g/mol. The van der Waals surface area contributed by atoms with Crippen LogP contribution in [0.25, 0.3) is 10.9 Å². The van der Waals surface area contributed by atoms with Crippen LogP contribution in [0.4, 0.5) is 11.5 Å². The van der Waals surface area contributed by atoms with Crippen LogP contribution in [0.15, 0.2) is 24.4 Å². The van der Waals surface area contributed by atoms with Crippen LogP contribution >= 0.6 is 0 Å². The molecular formula is C19H23N5. The van der Waals surface area contributed by atoms with Crippen LogP contribution in [0.1, 0.15) is 43.4 Å². The van der Waals surface area contributed by atoms with Gasteiger partial charge in [0, 0.05) is 28.9 Å². The zero-order valence-corrected chi connectivity index (χ0v) is 13.9. The van der Waals surface area contributed by atoms with Gasteiger partial charge in [-0.05, 0) is 62.6 Å². The lowest BCUT2D eigenvalue weighted by molar-refractivity contribution is 0.270. The summed E-state index contributed by atoms with van der Waals surface area (Å²) >= 11 is 0. The van der Waals surface area contributed by atoms with E-state index in [0.717, 1.165) is 36.8 Å². The Kier molecular flexibility index (Phi) is 3.32. The van der Waals surface area contributed by atoms with E-state index >= 15 is 0 Å². The fourth-order valence-electron chi connectivity index (χ4n) is 3.93. The van der Waals surface area contributed by atoms with Crippen LogP contribution in [-0.2, 0) is 19.4 Å². The molecule has 0 radical (unpaired) electrons. The molecule has 124 valence electrons. The van der Waals surface area contributed by atoms with Crippen LogP contribution in [0, 0.1) is 5.92 Å². The Morgan fingerprint density at radius 1 is 1.17 bits per heavy atom. The maximum Gasteiger partial charge on any atom is 0.155 e. The van der Waals surface area contributed by atoms with Crippen LogP contribution in [0.2, 0.25) is 0 Å². The molecule has 0 aliphatic heterocycles. The molecule has 2 aliphatic carbocycles. The molecule has 3 aromatic rings. The molecule has 0 atom stereocenters. The molecule has 2 aromatic heterocycles. The second kappa shape index (κ2) is 5.65. The third-order valence-electron chi connectivity index (χ3n) is 5.62. The van der Waals surface area contributed by atoms with Gasteiger partial charge in [-0.15, -0.1) is 0 Å². The number of rotatable bonds is 4. The Bertz CT molecular complexity index is 871. The summed E-state index contributed by atoms with van der Waals surface area (Å²) in [5, 5.41) is 17.0. The third kappa shape index (κ3) is 2.39. The number of anilines is 2. The third-order valence-corrected chi connectivity index (χ3v) is 5.62. The number of aromatic nitrogens is 4. The van der Waals surface area contributed by atoms with E-state index in [1.165, 1.54) is 54.3 Å². The molecule has 5 nitrogen and oxygen atoms in total. The lowest BCUT2D eigenvalue weighted by Gasteiger charge is -2.25. The first-order valence-corrected chi connectivity index (χ1v) is 9.15. The Morgan fingerprint density at radius 3 is 2.96 bits per heavy atom. The summed E-state index contributed by atoms with van der Waals surface area (Å²) in [7, 11) is 0. The molecule has 5 heteroatoms. The van der Waals surface area contributed by atoms with Gasteiger partial charge in [0.15, 0.2) is 5.82 Å². The first kappa shape index (κ1) is 14.1. The van der Waals surface area contributed by atoms with Crippen molar-refractivity contribution in [3.8, 4) is 0 Å². The van der Waals surface area contributed by atoms with Gasteiger partial charge >= 0.3 is 0 Å². The summed E-state index contributed by atoms with van der Waals surface area (Å²) in [6.07, 6.45) is 10.8. The Morgan fingerprint density at radius 2 is 2.08 bits per heavy atom. The average Bonchev–Trinajstić information content (AvgIpc) is 3.16. The summed E-state index contributed by atoms with van der Waals surface area (Å²) < 4.78 is 2.17. The lowest BCUT2D eigenvalue weighted by Crippen LogP contribution is -2.18. The van der Waals surface area contributed by atoms with Gasteiger partial charge in [0.25, 0.3) is 0 Å². The quantitative estimate of drug-likeness (QED) is 0.758. The molecule has 24 heavy (non-hydrogen) atoms. The molecule has 2 aliphatic rings. The number of nitrogens with one attached hydrogen (secondary N) is 2. The summed E-state index contributed by atoms with van der Waals surface area (Å²) in [5.41, 5.74) is 4.98. The number of fused-ring (bicyclic) bond motifs is 2. The van der Waals surface area contributed by atoms with Crippen LogP contribution in [0.5, 0.6) is 0 Å². The van der Waals surface area contributed by atoms with Crippen LogP contribution < -0.4 is 5.32 Å². The van der Waals surface area contributed by atoms with E-state index in [4.69, 9.17) is 0 Å². The highest BCUT2D eigenvalue weighted by atomic mass is 15.3. The Hall–Kier alpha value is -2.30. The molecule has 2 N–H and O–H groups in total. The largest absolute Gasteiger partial charge is 0.338 e. The van der Waals surface area contributed by atoms with Gasteiger partial charge in [-0.3, -0.25) is 9.78 Å². The summed E-state index contributed by atoms with van der Waals surface area (Å²) in [6, 6.07) is 6.49. The van der Waals surface area contributed by atoms with Crippen LogP contribution in [-0.4, -0.2) is 20.0 Å². The number of H-pyrrole nitrogens is 1. The monoisotopic (exact) mass is 321 g/mol. The van der Waals surface area contributed by atoms with E-state index in [9.17, 15) is 0 Å². The summed E-state index contributed by atoms with van der Waals surface area (Å²) in [4.78, 5) is 0. The highest BCUT2D eigenvalue weighted by Gasteiger charge is 2.20. The lowest BCUT2D eigenvalue weighted by atomic mass is 9.85. The van der Waals surface area contributed by atoms with Crippen molar-refractivity contribution in [2.24, 2.45) is 5.92 Å². The molecule has 2 heterocycles. The van der Waals surface area contributed by atoms with Crippen LogP contribution in [0.3, 0.4) is 0 Å². The molecular weight excluding hydrogens is 298 g/mol. The number of hydrogen-bond donors (Lipinski definition) is 2. The maximum atomic E-state index is 4.59. The van der Waals surface area contributed by atoms with E-state index in [-0.39, 0.29) is 0 Å². The first-order valence-electron chi connectivity index (χ1n) is 9.15. The van der Waals surface area contributed by atoms with Crippen molar-refractivity contribution in [1.82, 2.24) is 20.0 Å². The highest BCUT2D eigenvalue weighted by Crippen LogP contribution is 2.31. The molecule has 0 spiro atoms. The zero-order valence-electron chi connectivity index (χ0n) is 13.9. The predicted molar refractivity (Wildman–Crippen MR) is 95.6 cm³/mol. The van der Waals surface area contributed by atoms with Crippen molar-refractivity contribution in [2.45, 2.75) is 51.5 Å². The number of benzene rings is 1. The van der Waals surface area contributed by atoms with Crippen molar-refractivity contribution in [2.75, 3.05) is 5.32 Å². The molecule has 0 amide bonds. The normalized spacial score (nSPS) is 17.7. The maximum absolute atomic E-state index is 4.59. The highest BCUT2D eigenvalue weighted by molar-refractivity contribution is 5.83. The molecule has 1 aromatic carbocycles. The Balaban J connectivity index is 1.44. The number of aromatic amines is 1. The molecule has 1 fully saturated rings. The van der Waals surface area contributed by atoms with Gasteiger partial charge in [0.2, 0.25) is 0 Å². The van der Waals surface area contributed by atoms with Gasteiger partial charge in [-0.25, -0.2) is 0 Å². The molecule has 0 saturated heterocycles. The Labute approximate surface area is 141 Å². The van der Waals surface area contributed by atoms with Crippen molar-refractivity contribution in [3.05, 3.63) is 35.7 Å². The SMILES string of the molecule is c1cc2cnn(CC3CCC3)c2cc1Nc1n[nH]c2c1CCCC2. The zero-order chi connectivity index (χ0) is 15.9. The molecule has 0 bridgehead atoms. The van der Waals surface area contributed by atoms with Crippen molar-refractivity contribution in [1.29, 1.82) is 0 Å². The number of hydrogen-bond acceptors (Lipinski definition) is 3. The minimum Gasteiger partial charge on any atom is -0.338 e. The van der Waals surface area contributed by atoms with E-state index in [1.807, 2.05) is 6.20 Å². The smallest absolute Gasteiger partial charge is 0.155 e. The van der Waals surface area contributed by atoms with E-state index in [0.29, 0.717) is 0 Å². The fraction of sp³-hybridized carbons (Fsp3) is 0.474. The summed E-state index contributed by atoms with van der Waals surface area (Å²) in [6.45, 7) is 1.05. The minimum atomic E-state index is 0.808. The summed E-state index contributed by atoms with van der Waals surface area (Å²) in [5.74, 6) is 1.80. The van der Waals surface area contributed by atoms with Gasteiger partial charge in [0.05, 0.1) is 11.7 Å². The van der Waals surface area contributed by atoms with Gasteiger partial charge in [-0.2, -0.15) is 10.2 Å². The first-order chi connectivity index (χ1) is 11.9. The fourth-order valence-corrected chi connectivity index (χ4v) is 3.93.